The summed E-state index contributed by atoms with van der Waals surface area (Å²) in [5.74, 6) is 0.927. The topological polar surface area (TPSA) is 50.1 Å². The molecule has 1 unspecified atom stereocenters. The summed E-state index contributed by atoms with van der Waals surface area (Å²) >= 11 is 0. The first kappa shape index (κ1) is 13.3. The number of nitrogens with zero attached hydrogens (tertiary/aromatic N) is 1. The van der Waals surface area contributed by atoms with Crippen LogP contribution in [0.15, 0.2) is 53.4 Å². The Hall–Kier alpha value is -2.12. The van der Waals surface area contributed by atoms with Crippen LogP contribution in [0.3, 0.4) is 0 Å². The van der Waals surface area contributed by atoms with Gasteiger partial charge in [0.2, 0.25) is 0 Å². The lowest BCUT2D eigenvalue weighted by Gasteiger charge is -2.06. The lowest BCUT2D eigenvalue weighted by Crippen LogP contribution is -1.97. The molecule has 0 heterocycles. The Bertz CT molecular complexity index is 632. The maximum Gasteiger partial charge on any atom is 0.136 e. The highest BCUT2D eigenvalue weighted by Gasteiger charge is 2.08. The largest absolute Gasteiger partial charge is 0.495 e. The van der Waals surface area contributed by atoms with Gasteiger partial charge in [-0.15, -0.1) is 0 Å². The van der Waals surface area contributed by atoms with E-state index in [1.807, 2.05) is 36.4 Å². The maximum atomic E-state index is 12.2. The highest BCUT2D eigenvalue weighted by molar-refractivity contribution is 7.84. The second kappa shape index (κ2) is 6.17. The number of nitriles is 1. The van der Waals surface area contributed by atoms with Gasteiger partial charge >= 0.3 is 0 Å². The average molecular weight is 271 g/mol. The van der Waals surface area contributed by atoms with Crippen LogP contribution in [0.4, 0.5) is 0 Å². The molecular weight excluding hydrogens is 258 g/mol. The van der Waals surface area contributed by atoms with Crippen LogP contribution in [-0.4, -0.2) is 11.3 Å². The zero-order chi connectivity index (χ0) is 13.7. The summed E-state index contributed by atoms with van der Waals surface area (Å²) < 4.78 is 17.3. The van der Waals surface area contributed by atoms with Gasteiger partial charge < -0.3 is 4.74 Å². The summed E-state index contributed by atoms with van der Waals surface area (Å²) in [6, 6.07) is 16.6. The predicted molar refractivity (Wildman–Crippen MR) is 74.3 cm³/mol. The van der Waals surface area contributed by atoms with Gasteiger partial charge in [0.15, 0.2) is 0 Å². The fourth-order valence-corrected chi connectivity index (χ4v) is 2.83. The van der Waals surface area contributed by atoms with E-state index in [9.17, 15) is 4.21 Å². The van der Waals surface area contributed by atoms with Crippen LogP contribution in [0.25, 0.3) is 0 Å². The molecule has 2 aromatic rings. The van der Waals surface area contributed by atoms with E-state index < -0.39 is 10.8 Å². The highest BCUT2D eigenvalue weighted by Crippen LogP contribution is 2.21. The quantitative estimate of drug-likeness (QED) is 0.859. The summed E-state index contributed by atoms with van der Waals surface area (Å²) in [6.07, 6.45) is 0. The molecule has 0 aliphatic heterocycles. The molecule has 0 amide bonds. The normalized spacial score (nSPS) is 11.6. The smallest absolute Gasteiger partial charge is 0.136 e. The number of rotatable bonds is 4. The second-order valence-corrected chi connectivity index (χ2v) is 5.40. The molecular formula is C15H13NO2S. The molecule has 2 rings (SSSR count). The Morgan fingerprint density at radius 3 is 2.58 bits per heavy atom. The number of ether oxygens (including phenoxy) is 1. The standard InChI is InChI=1S/C15H13NO2S/c1-18-15-9-12(7-8-13(15)10-16)11-19(17)14-5-3-2-4-6-14/h2-9H,11H2,1H3. The van der Waals surface area contributed by atoms with E-state index >= 15 is 0 Å². The molecule has 96 valence electrons. The van der Waals surface area contributed by atoms with Crippen molar-refractivity contribution in [3.05, 3.63) is 59.7 Å². The van der Waals surface area contributed by atoms with Crippen molar-refractivity contribution in [2.24, 2.45) is 0 Å². The Morgan fingerprint density at radius 2 is 1.95 bits per heavy atom. The SMILES string of the molecule is COc1cc(CS(=O)c2ccccc2)ccc1C#N. The van der Waals surface area contributed by atoms with E-state index in [4.69, 9.17) is 10.00 Å². The average Bonchev–Trinajstić information content (AvgIpc) is 2.48. The summed E-state index contributed by atoms with van der Waals surface area (Å²) in [6.45, 7) is 0. The van der Waals surface area contributed by atoms with Gasteiger partial charge in [-0.05, 0) is 29.8 Å². The highest BCUT2D eigenvalue weighted by atomic mass is 32.2. The van der Waals surface area contributed by atoms with E-state index in [-0.39, 0.29) is 0 Å². The summed E-state index contributed by atoms with van der Waals surface area (Å²) in [5, 5.41) is 8.91. The van der Waals surface area contributed by atoms with Gasteiger partial charge in [-0.2, -0.15) is 5.26 Å². The van der Waals surface area contributed by atoms with Gasteiger partial charge in [0.25, 0.3) is 0 Å². The van der Waals surface area contributed by atoms with Crippen molar-refractivity contribution in [1.82, 2.24) is 0 Å². The Kier molecular flexibility index (Phi) is 4.32. The minimum Gasteiger partial charge on any atom is -0.495 e. The monoisotopic (exact) mass is 271 g/mol. The second-order valence-electron chi connectivity index (χ2n) is 3.95. The molecule has 0 N–H and O–H groups in total. The van der Waals surface area contributed by atoms with Crippen molar-refractivity contribution in [3.8, 4) is 11.8 Å². The molecule has 0 aromatic heterocycles. The third-order valence-electron chi connectivity index (χ3n) is 2.69. The van der Waals surface area contributed by atoms with Crippen molar-refractivity contribution >= 4 is 10.8 Å². The van der Waals surface area contributed by atoms with Crippen molar-refractivity contribution in [2.75, 3.05) is 7.11 Å². The Labute approximate surface area is 114 Å². The third-order valence-corrected chi connectivity index (χ3v) is 4.08. The zero-order valence-electron chi connectivity index (χ0n) is 10.5. The first-order valence-corrected chi connectivity index (χ1v) is 7.07. The van der Waals surface area contributed by atoms with Gasteiger partial charge in [-0.1, -0.05) is 24.3 Å². The molecule has 0 fully saturated rings. The van der Waals surface area contributed by atoms with Crippen LogP contribution in [-0.2, 0) is 16.6 Å². The lowest BCUT2D eigenvalue weighted by atomic mass is 10.1. The molecule has 0 bridgehead atoms. The summed E-state index contributed by atoms with van der Waals surface area (Å²) in [5.41, 5.74) is 1.37. The van der Waals surface area contributed by atoms with Crippen LogP contribution in [0, 0.1) is 11.3 Å². The predicted octanol–water partition coefficient (Wildman–Crippen LogP) is 2.87. The molecule has 19 heavy (non-hydrogen) atoms. The summed E-state index contributed by atoms with van der Waals surface area (Å²) in [4.78, 5) is 0.797. The summed E-state index contributed by atoms with van der Waals surface area (Å²) in [7, 11) is 0.430. The lowest BCUT2D eigenvalue weighted by molar-refractivity contribution is 0.413. The van der Waals surface area contributed by atoms with Crippen molar-refractivity contribution in [1.29, 1.82) is 5.26 Å². The molecule has 0 saturated heterocycles. The van der Waals surface area contributed by atoms with E-state index in [1.54, 1.807) is 12.1 Å². The number of hydrogen-bond donors (Lipinski definition) is 0. The van der Waals surface area contributed by atoms with Crippen LogP contribution in [0.1, 0.15) is 11.1 Å². The number of methoxy groups -OCH3 is 1. The first-order valence-electron chi connectivity index (χ1n) is 5.75. The zero-order valence-corrected chi connectivity index (χ0v) is 11.3. The fraction of sp³-hybridized carbons (Fsp3) is 0.133. The maximum absolute atomic E-state index is 12.2. The molecule has 3 nitrogen and oxygen atoms in total. The number of benzene rings is 2. The Balaban J connectivity index is 2.21. The molecule has 0 aliphatic carbocycles. The minimum absolute atomic E-state index is 0.409. The molecule has 0 aliphatic rings. The van der Waals surface area contributed by atoms with Gasteiger partial charge in [0.1, 0.15) is 11.8 Å². The van der Waals surface area contributed by atoms with Crippen molar-refractivity contribution < 1.29 is 8.95 Å². The third kappa shape index (κ3) is 3.21. The molecule has 0 saturated carbocycles. The van der Waals surface area contributed by atoms with Crippen LogP contribution in [0.5, 0.6) is 5.75 Å². The van der Waals surface area contributed by atoms with Gasteiger partial charge in [0, 0.05) is 4.90 Å². The van der Waals surface area contributed by atoms with Gasteiger partial charge in [-0.3, -0.25) is 4.21 Å². The van der Waals surface area contributed by atoms with E-state index in [2.05, 4.69) is 6.07 Å². The van der Waals surface area contributed by atoms with E-state index in [1.165, 1.54) is 7.11 Å². The van der Waals surface area contributed by atoms with E-state index in [0.717, 1.165) is 10.5 Å². The van der Waals surface area contributed by atoms with Crippen molar-refractivity contribution in [3.63, 3.8) is 0 Å². The molecule has 1 atom stereocenters. The van der Waals surface area contributed by atoms with Gasteiger partial charge in [0.05, 0.1) is 29.2 Å². The fourth-order valence-electron chi connectivity index (χ4n) is 1.72. The first-order chi connectivity index (χ1) is 9.24. The molecule has 0 radical (unpaired) electrons. The number of hydrogen-bond acceptors (Lipinski definition) is 3. The molecule has 2 aromatic carbocycles. The molecule has 4 heteroatoms. The van der Waals surface area contributed by atoms with Crippen LogP contribution in [0.2, 0.25) is 0 Å². The van der Waals surface area contributed by atoms with Crippen LogP contribution >= 0.6 is 0 Å². The van der Waals surface area contributed by atoms with Gasteiger partial charge in [-0.25, -0.2) is 0 Å². The van der Waals surface area contributed by atoms with E-state index in [0.29, 0.717) is 17.1 Å². The minimum atomic E-state index is -1.09. The molecule has 0 spiro atoms. The van der Waals surface area contributed by atoms with Crippen LogP contribution < -0.4 is 4.74 Å². The van der Waals surface area contributed by atoms with Crippen molar-refractivity contribution in [2.45, 2.75) is 10.6 Å². The Morgan fingerprint density at radius 1 is 1.21 bits per heavy atom.